The third-order valence-electron chi connectivity index (χ3n) is 3.89. The SMILES string of the molecule is CC1(C)C(=O)N(Cc2ccccc2)c2c(I)cccc21. The van der Waals surface area contributed by atoms with E-state index in [9.17, 15) is 4.79 Å². The Morgan fingerprint density at radius 2 is 1.75 bits per heavy atom. The van der Waals surface area contributed by atoms with E-state index in [1.807, 2.05) is 43.0 Å². The second-order valence-electron chi connectivity index (χ2n) is 5.64. The van der Waals surface area contributed by atoms with Gasteiger partial charge in [-0.2, -0.15) is 0 Å². The summed E-state index contributed by atoms with van der Waals surface area (Å²) >= 11 is 2.32. The first kappa shape index (κ1) is 13.6. The van der Waals surface area contributed by atoms with E-state index >= 15 is 0 Å². The van der Waals surface area contributed by atoms with Gasteiger partial charge in [0.2, 0.25) is 5.91 Å². The van der Waals surface area contributed by atoms with Gasteiger partial charge in [-0.3, -0.25) is 4.79 Å². The number of benzene rings is 2. The molecule has 0 radical (unpaired) electrons. The Hall–Kier alpha value is -1.36. The molecule has 0 aromatic heterocycles. The van der Waals surface area contributed by atoms with E-state index in [-0.39, 0.29) is 5.91 Å². The van der Waals surface area contributed by atoms with Crippen molar-refractivity contribution < 1.29 is 4.79 Å². The molecule has 2 nitrogen and oxygen atoms in total. The number of hydrogen-bond donors (Lipinski definition) is 0. The van der Waals surface area contributed by atoms with Crippen LogP contribution in [0.4, 0.5) is 5.69 Å². The molecule has 0 saturated heterocycles. The summed E-state index contributed by atoms with van der Waals surface area (Å²) in [4.78, 5) is 14.7. The zero-order chi connectivity index (χ0) is 14.3. The molecule has 3 heteroatoms. The Morgan fingerprint density at radius 3 is 2.45 bits per heavy atom. The Morgan fingerprint density at radius 1 is 1.05 bits per heavy atom. The van der Waals surface area contributed by atoms with Crippen molar-refractivity contribution in [3.05, 3.63) is 63.2 Å². The molecule has 102 valence electrons. The number of nitrogens with zero attached hydrogens (tertiary/aromatic N) is 1. The summed E-state index contributed by atoms with van der Waals surface area (Å²) in [6.07, 6.45) is 0. The molecule has 20 heavy (non-hydrogen) atoms. The summed E-state index contributed by atoms with van der Waals surface area (Å²) in [6, 6.07) is 16.3. The Balaban J connectivity index is 2.08. The number of rotatable bonds is 2. The number of halogens is 1. The zero-order valence-corrected chi connectivity index (χ0v) is 13.7. The second kappa shape index (κ2) is 4.88. The number of amides is 1. The molecule has 0 saturated carbocycles. The summed E-state index contributed by atoms with van der Waals surface area (Å²) in [6.45, 7) is 4.65. The third-order valence-corrected chi connectivity index (χ3v) is 4.76. The largest absolute Gasteiger partial charge is 0.306 e. The Bertz CT molecular complexity index is 664. The molecule has 0 N–H and O–H groups in total. The van der Waals surface area contributed by atoms with Gasteiger partial charge in [0.15, 0.2) is 0 Å². The molecule has 1 heterocycles. The highest BCUT2D eigenvalue weighted by atomic mass is 127. The third kappa shape index (κ3) is 2.04. The average molecular weight is 377 g/mol. The van der Waals surface area contributed by atoms with E-state index < -0.39 is 5.41 Å². The first-order valence-electron chi connectivity index (χ1n) is 6.66. The van der Waals surface area contributed by atoms with Crippen LogP contribution in [0.5, 0.6) is 0 Å². The van der Waals surface area contributed by atoms with Crippen molar-refractivity contribution >= 4 is 34.2 Å². The highest BCUT2D eigenvalue weighted by molar-refractivity contribution is 14.1. The minimum absolute atomic E-state index is 0.181. The molecule has 1 aliphatic heterocycles. The van der Waals surface area contributed by atoms with Gasteiger partial charge in [0.05, 0.1) is 17.6 Å². The Kier molecular flexibility index (Phi) is 3.32. The number of anilines is 1. The van der Waals surface area contributed by atoms with Crippen LogP contribution < -0.4 is 4.90 Å². The summed E-state index contributed by atoms with van der Waals surface area (Å²) in [7, 11) is 0. The second-order valence-corrected chi connectivity index (χ2v) is 6.80. The van der Waals surface area contributed by atoms with E-state index in [0.717, 1.165) is 20.4 Å². The van der Waals surface area contributed by atoms with E-state index in [0.29, 0.717) is 6.54 Å². The van der Waals surface area contributed by atoms with Gasteiger partial charge >= 0.3 is 0 Å². The van der Waals surface area contributed by atoms with Gasteiger partial charge in [-0.15, -0.1) is 0 Å². The number of carbonyl (C=O) groups excluding carboxylic acids is 1. The van der Waals surface area contributed by atoms with Crippen LogP contribution in [0.1, 0.15) is 25.0 Å². The topological polar surface area (TPSA) is 20.3 Å². The van der Waals surface area contributed by atoms with Crippen molar-refractivity contribution in [3.8, 4) is 0 Å². The van der Waals surface area contributed by atoms with E-state index in [1.54, 1.807) is 0 Å². The quantitative estimate of drug-likeness (QED) is 0.722. The van der Waals surface area contributed by atoms with Crippen LogP contribution in [-0.2, 0) is 16.8 Å². The van der Waals surface area contributed by atoms with Crippen molar-refractivity contribution in [2.45, 2.75) is 25.8 Å². The monoisotopic (exact) mass is 377 g/mol. The predicted octanol–water partition coefficient (Wildman–Crippen LogP) is 4.12. The zero-order valence-electron chi connectivity index (χ0n) is 11.6. The number of carbonyl (C=O) groups is 1. The van der Waals surface area contributed by atoms with E-state index in [4.69, 9.17) is 0 Å². The molecule has 1 amide bonds. The average Bonchev–Trinajstić information content (AvgIpc) is 2.63. The summed E-state index contributed by atoms with van der Waals surface area (Å²) in [5, 5.41) is 0. The first-order chi connectivity index (χ1) is 9.51. The molecular formula is C17H16INO. The van der Waals surface area contributed by atoms with Crippen LogP contribution in [0, 0.1) is 3.57 Å². The van der Waals surface area contributed by atoms with Crippen LogP contribution in [0.15, 0.2) is 48.5 Å². The molecule has 0 spiro atoms. The normalized spacial score (nSPS) is 16.4. The lowest BCUT2D eigenvalue weighted by atomic mass is 9.86. The van der Waals surface area contributed by atoms with Crippen LogP contribution in [0.3, 0.4) is 0 Å². The minimum Gasteiger partial charge on any atom is -0.306 e. The predicted molar refractivity (Wildman–Crippen MR) is 89.8 cm³/mol. The molecular weight excluding hydrogens is 361 g/mol. The highest BCUT2D eigenvalue weighted by Crippen LogP contribution is 2.44. The molecule has 0 unspecified atom stereocenters. The minimum atomic E-state index is -0.439. The van der Waals surface area contributed by atoms with Crippen LogP contribution in [-0.4, -0.2) is 5.91 Å². The molecule has 0 bridgehead atoms. The maximum atomic E-state index is 12.8. The van der Waals surface area contributed by atoms with Crippen molar-refractivity contribution in [1.82, 2.24) is 0 Å². The lowest BCUT2D eigenvalue weighted by Crippen LogP contribution is -2.35. The summed E-state index contributed by atoms with van der Waals surface area (Å²) in [5.41, 5.74) is 2.92. The number of para-hydroxylation sites is 1. The van der Waals surface area contributed by atoms with Gasteiger partial charge in [0, 0.05) is 3.57 Å². The first-order valence-corrected chi connectivity index (χ1v) is 7.74. The lowest BCUT2D eigenvalue weighted by molar-refractivity contribution is -0.122. The van der Waals surface area contributed by atoms with Crippen LogP contribution in [0.2, 0.25) is 0 Å². The number of fused-ring (bicyclic) bond motifs is 1. The molecule has 0 aliphatic carbocycles. The van der Waals surface area contributed by atoms with Gasteiger partial charge in [-0.05, 0) is 53.6 Å². The van der Waals surface area contributed by atoms with Gasteiger partial charge < -0.3 is 4.90 Å². The molecule has 0 fully saturated rings. The molecule has 1 aliphatic rings. The fourth-order valence-electron chi connectivity index (χ4n) is 2.77. The molecule has 3 rings (SSSR count). The van der Waals surface area contributed by atoms with E-state index in [1.165, 1.54) is 0 Å². The summed E-state index contributed by atoms with van der Waals surface area (Å²) in [5.74, 6) is 0.181. The van der Waals surface area contributed by atoms with Crippen molar-refractivity contribution in [3.63, 3.8) is 0 Å². The van der Waals surface area contributed by atoms with Gasteiger partial charge in [0.1, 0.15) is 0 Å². The van der Waals surface area contributed by atoms with Crippen LogP contribution >= 0.6 is 22.6 Å². The van der Waals surface area contributed by atoms with Crippen molar-refractivity contribution in [1.29, 1.82) is 0 Å². The fraction of sp³-hybridized carbons (Fsp3) is 0.235. The number of hydrogen-bond acceptors (Lipinski definition) is 1. The lowest BCUT2D eigenvalue weighted by Gasteiger charge is -2.21. The maximum Gasteiger partial charge on any atom is 0.237 e. The fourth-order valence-corrected chi connectivity index (χ4v) is 3.55. The Labute approximate surface area is 132 Å². The van der Waals surface area contributed by atoms with Gasteiger partial charge in [-0.1, -0.05) is 42.5 Å². The van der Waals surface area contributed by atoms with Gasteiger partial charge in [0.25, 0.3) is 0 Å². The van der Waals surface area contributed by atoms with Crippen LogP contribution in [0.25, 0.3) is 0 Å². The molecule has 2 aromatic carbocycles. The van der Waals surface area contributed by atoms with E-state index in [2.05, 4.69) is 46.9 Å². The standard InChI is InChI=1S/C17H16INO/c1-17(2)13-9-6-10-14(18)15(13)19(16(17)20)11-12-7-4-3-5-8-12/h3-10H,11H2,1-2H3. The molecule has 2 aromatic rings. The summed E-state index contributed by atoms with van der Waals surface area (Å²) < 4.78 is 1.13. The maximum absolute atomic E-state index is 12.8. The highest BCUT2D eigenvalue weighted by Gasteiger charge is 2.44. The van der Waals surface area contributed by atoms with Crippen molar-refractivity contribution in [2.75, 3.05) is 4.90 Å². The van der Waals surface area contributed by atoms with Crippen molar-refractivity contribution in [2.24, 2.45) is 0 Å². The molecule has 0 atom stereocenters. The smallest absolute Gasteiger partial charge is 0.237 e. The van der Waals surface area contributed by atoms with Gasteiger partial charge in [-0.25, -0.2) is 0 Å².